The van der Waals surface area contributed by atoms with Crippen molar-refractivity contribution in [2.45, 2.75) is 57.8 Å². The van der Waals surface area contributed by atoms with Gasteiger partial charge in [0.1, 0.15) is 0 Å². The van der Waals surface area contributed by atoms with E-state index < -0.39 is 0 Å². The predicted molar refractivity (Wildman–Crippen MR) is 66.5 cm³/mol. The van der Waals surface area contributed by atoms with Gasteiger partial charge < -0.3 is 14.8 Å². The number of nitrogens with one attached hydrogen (secondary N) is 1. The first-order chi connectivity index (χ1) is 7.83. The number of ether oxygens (including phenoxy) is 2. The second kappa shape index (κ2) is 8.04. The zero-order valence-corrected chi connectivity index (χ0v) is 11.0. The van der Waals surface area contributed by atoms with Crippen LogP contribution in [0.2, 0.25) is 0 Å². The summed E-state index contributed by atoms with van der Waals surface area (Å²) in [4.78, 5) is 0. The fraction of sp³-hybridized carbons (Fsp3) is 1.00. The lowest BCUT2D eigenvalue weighted by Gasteiger charge is -2.32. The SMILES string of the molecule is CCNC(C1CCCCCC1)C(OC)OC. The van der Waals surface area contributed by atoms with E-state index in [1.807, 2.05) is 0 Å². The minimum Gasteiger partial charge on any atom is -0.354 e. The molecule has 1 rings (SSSR count). The normalized spacial score (nSPS) is 21.0. The van der Waals surface area contributed by atoms with Crippen LogP contribution in [0.3, 0.4) is 0 Å². The Kier molecular flexibility index (Phi) is 7.01. The maximum Gasteiger partial charge on any atom is 0.172 e. The molecule has 1 saturated carbocycles. The highest BCUT2D eigenvalue weighted by atomic mass is 16.7. The Bertz CT molecular complexity index is 163. The monoisotopic (exact) mass is 229 g/mol. The molecule has 0 saturated heterocycles. The van der Waals surface area contributed by atoms with Crippen LogP contribution >= 0.6 is 0 Å². The van der Waals surface area contributed by atoms with Gasteiger partial charge in [-0.1, -0.05) is 32.6 Å². The largest absolute Gasteiger partial charge is 0.354 e. The van der Waals surface area contributed by atoms with E-state index in [2.05, 4.69) is 12.2 Å². The molecule has 16 heavy (non-hydrogen) atoms. The average molecular weight is 229 g/mol. The number of hydrogen-bond donors (Lipinski definition) is 1. The molecule has 1 fully saturated rings. The lowest BCUT2D eigenvalue weighted by Crippen LogP contribution is -2.47. The molecule has 3 heteroatoms. The van der Waals surface area contributed by atoms with E-state index in [0.717, 1.165) is 6.54 Å². The summed E-state index contributed by atoms with van der Waals surface area (Å²) >= 11 is 0. The molecule has 96 valence electrons. The Labute approximate surface area is 99.9 Å². The Morgan fingerprint density at radius 2 is 1.62 bits per heavy atom. The third-order valence-electron chi connectivity index (χ3n) is 3.61. The Hall–Kier alpha value is -0.120. The lowest BCUT2D eigenvalue weighted by molar-refractivity contribution is -0.133. The Balaban J connectivity index is 2.58. The van der Waals surface area contributed by atoms with Gasteiger partial charge in [0.2, 0.25) is 0 Å². The van der Waals surface area contributed by atoms with Crippen LogP contribution in [0.4, 0.5) is 0 Å². The van der Waals surface area contributed by atoms with Crippen LogP contribution in [-0.4, -0.2) is 33.1 Å². The van der Waals surface area contributed by atoms with Crippen LogP contribution in [0.1, 0.15) is 45.4 Å². The van der Waals surface area contributed by atoms with Gasteiger partial charge in [-0.2, -0.15) is 0 Å². The Morgan fingerprint density at radius 3 is 2.06 bits per heavy atom. The van der Waals surface area contributed by atoms with E-state index in [1.165, 1.54) is 38.5 Å². The standard InChI is InChI=1S/C13H27NO2/c1-4-14-12(13(15-2)16-3)11-9-7-5-6-8-10-11/h11-14H,4-10H2,1-3H3. The van der Waals surface area contributed by atoms with Crippen molar-refractivity contribution in [2.24, 2.45) is 5.92 Å². The zero-order chi connectivity index (χ0) is 11.8. The smallest absolute Gasteiger partial charge is 0.172 e. The quantitative estimate of drug-likeness (QED) is 0.561. The van der Waals surface area contributed by atoms with Crippen LogP contribution < -0.4 is 5.32 Å². The summed E-state index contributed by atoms with van der Waals surface area (Å²) in [7, 11) is 3.46. The van der Waals surface area contributed by atoms with Gasteiger partial charge in [-0.25, -0.2) is 0 Å². The fourth-order valence-corrected chi connectivity index (χ4v) is 2.78. The topological polar surface area (TPSA) is 30.5 Å². The van der Waals surface area contributed by atoms with E-state index >= 15 is 0 Å². The van der Waals surface area contributed by atoms with Crippen LogP contribution in [0.15, 0.2) is 0 Å². The zero-order valence-electron chi connectivity index (χ0n) is 11.0. The molecular formula is C13H27NO2. The number of methoxy groups -OCH3 is 2. The first kappa shape index (κ1) is 13.9. The van der Waals surface area contributed by atoms with Crippen LogP contribution in [0, 0.1) is 5.92 Å². The van der Waals surface area contributed by atoms with Crippen LogP contribution in [0.25, 0.3) is 0 Å². The minimum absolute atomic E-state index is 0.108. The van der Waals surface area contributed by atoms with Crippen molar-refractivity contribution in [1.82, 2.24) is 5.32 Å². The molecule has 3 nitrogen and oxygen atoms in total. The molecule has 0 aromatic carbocycles. The van der Waals surface area contributed by atoms with E-state index in [9.17, 15) is 0 Å². The second-order valence-electron chi connectivity index (χ2n) is 4.67. The molecule has 1 aliphatic carbocycles. The van der Waals surface area contributed by atoms with Crippen molar-refractivity contribution in [3.63, 3.8) is 0 Å². The molecular weight excluding hydrogens is 202 g/mol. The van der Waals surface area contributed by atoms with Crippen molar-refractivity contribution < 1.29 is 9.47 Å². The fourth-order valence-electron chi connectivity index (χ4n) is 2.78. The highest BCUT2D eigenvalue weighted by molar-refractivity contribution is 4.81. The first-order valence-corrected chi connectivity index (χ1v) is 6.62. The molecule has 1 atom stereocenters. The number of likely N-dealkylation sites (N-methyl/N-ethyl adjacent to an activating group) is 1. The molecule has 0 bridgehead atoms. The minimum atomic E-state index is -0.108. The molecule has 1 unspecified atom stereocenters. The highest BCUT2D eigenvalue weighted by Gasteiger charge is 2.29. The van der Waals surface area contributed by atoms with Gasteiger partial charge in [0.15, 0.2) is 6.29 Å². The Morgan fingerprint density at radius 1 is 1.06 bits per heavy atom. The molecule has 1 N–H and O–H groups in total. The van der Waals surface area contributed by atoms with Crippen molar-refractivity contribution >= 4 is 0 Å². The number of rotatable bonds is 6. The first-order valence-electron chi connectivity index (χ1n) is 6.62. The maximum atomic E-state index is 5.42. The lowest BCUT2D eigenvalue weighted by atomic mass is 9.91. The summed E-state index contributed by atoms with van der Waals surface area (Å²) < 4.78 is 10.8. The van der Waals surface area contributed by atoms with E-state index in [4.69, 9.17) is 9.47 Å². The summed E-state index contributed by atoms with van der Waals surface area (Å²) in [6, 6.07) is 0.345. The van der Waals surface area contributed by atoms with E-state index in [0.29, 0.717) is 12.0 Å². The third-order valence-corrected chi connectivity index (χ3v) is 3.61. The molecule has 1 aliphatic rings. The van der Waals surface area contributed by atoms with Gasteiger partial charge in [-0.05, 0) is 25.3 Å². The molecule has 0 radical (unpaired) electrons. The summed E-state index contributed by atoms with van der Waals surface area (Å²) in [5.74, 6) is 0.701. The average Bonchev–Trinajstić information content (AvgIpc) is 2.58. The van der Waals surface area contributed by atoms with Crippen LogP contribution in [-0.2, 0) is 9.47 Å². The van der Waals surface area contributed by atoms with Crippen molar-refractivity contribution in [2.75, 3.05) is 20.8 Å². The molecule has 0 aliphatic heterocycles. The van der Waals surface area contributed by atoms with Crippen molar-refractivity contribution in [3.8, 4) is 0 Å². The third kappa shape index (κ3) is 4.04. The summed E-state index contributed by atoms with van der Waals surface area (Å²) in [5, 5.41) is 3.53. The van der Waals surface area contributed by atoms with E-state index in [1.54, 1.807) is 14.2 Å². The molecule has 0 spiro atoms. The molecule has 0 amide bonds. The molecule has 0 aromatic rings. The predicted octanol–water partition coefficient (Wildman–Crippen LogP) is 2.55. The summed E-state index contributed by atoms with van der Waals surface area (Å²) in [6.07, 6.45) is 7.99. The van der Waals surface area contributed by atoms with E-state index in [-0.39, 0.29) is 6.29 Å². The van der Waals surface area contributed by atoms with Gasteiger partial charge >= 0.3 is 0 Å². The van der Waals surface area contributed by atoms with Crippen molar-refractivity contribution in [3.05, 3.63) is 0 Å². The van der Waals surface area contributed by atoms with Gasteiger partial charge in [0.05, 0.1) is 6.04 Å². The summed E-state index contributed by atoms with van der Waals surface area (Å²) in [5.41, 5.74) is 0. The van der Waals surface area contributed by atoms with Gasteiger partial charge in [-0.3, -0.25) is 0 Å². The number of hydrogen-bond acceptors (Lipinski definition) is 3. The molecule has 0 aromatic heterocycles. The van der Waals surface area contributed by atoms with Gasteiger partial charge in [0, 0.05) is 14.2 Å². The van der Waals surface area contributed by atoms with Crippen molar-refractivity contribution in [1.29, 1.82) is 0 Å². The van der Waals surface area contributed by atoms with Gasteiger partial charge in [0.25, 0.3) is 0 Å². The maximum absolute atomic E-state index is 5.42. The van der Waals surface area contributed by atoms with Gasteiger partial charge in [-0.15, -0.1) is 0 Å². The molecule has 0 heterocycles. The second-order valence-corrected chi connectivity index (χ2v) is 4.67. The highest BCUT2D eigenvalue weighted by Crippen LogP contribution is 2.27. The van der Waals surface area contributed by atoms with Crippen LogP contribution in [0.5, 0.6) is 0 Å². The summed E-state index contributed by atoms with van der Waals surface area (Å²) in [6.45, 7) is 3.12.